The smallest absolute Gasteiger partial charge is 0.193 e. The van der Waals surface area contributed by atoms with E-state index in [2.05, 4.69) is 20.7 Å². The number of benzene rings is 1. The Morgan fingerprint density at radius 3 is 2.94 bits per heavy atom. The van der Waals surface area contributed by atoms with Crippen LogP contribution in [0.4, 0.5) is 10.1 Å². The maximum absolute atomic E-state index is 13.3. The van der Waals surface area contributed by atoms with E-state index in [1.807, 2.05) is 0 Å². The Labute approximate surface area is 96.2 Å². The summed E-state index contributed by atoms with van der Waals surface area (Å²) < 4.78 is 13.3. The van der Waals surface area contributed by atoms with Gasteiger partial charge in [0.25, 0.3) is 0 Å². The van der Waals surface area contributed by atoms with Crippen LogP contribution in [-0.4, -0.2) is 20.2 Å². The van der Waals surface area contributed by atoms with Crippen LogP contribution in [0.3, 0.4) is 0 Å². The first-order chi connectivity index (χ1) is 7.65. The van der Waals surface area contributed by atoms with Crippen molar-refractivity contribution in [2.45, 2.75) is 6.54 Å². The number of tetrazole rings is 1. The number of aromatic nitrogens is 4. The molecule has 84 valence electrons. The highest BCUT2D eigenvalue weighted by Crippen LogP contribution is 2.18. The highest BCUT2D eigenvalue weighted by Gasteiger charge is 2.04. The lowest BCUT2D eigenvalue weighted by molar-refractivity contribution is 0.626. The third-order valence-electron chi connectivity index (χ3n) is 1.92. The summed E-state index contributed by atoms with van der Waals surface area (Å²) in [6.45, 7) is 0.312. The van der Waals surface area contributed by atoms with Crippen LogP contribution in [0.15, 0.2) is 18.2 Å². The van der Waals surface area contributed by atoms with Crippen molar-refractivity contribution in [3.05, 3.63) is 34.9 Å². The summed E-state index contributed by atoms with van der Waals surface area (Å²) in [6.07, 6.45) is 0. The third-order valence-corrected chi connectivity index (χ3v) is 2.15. The van der Waals surface area contributed by atoms with E-state index in [0.717, 1.165) is 0 Å². The molecular weight excluding hydrogens is 233 g/mol. The quantitative estimate of drug-likeness (QED) is 0.887. The zero-order valence-electron chi connectivity index (χ0n) is 8.48. The summed E-state index contributed by atoms with van der Waals surface area (Å²) in [7, 11) is 1.67. The maximum atomic E-state index is 13.3. The largest absolute Gasteiger partial charge is 0.375 e. The Balaban J connectivity index is 2.04. The number of aryl methyl sites for hydroxylation is 1. The molecule has 0 bridgehead atoms. The van der Waals surface area contributed by atoms with E-state index in [0.29, 0.717) is 23.1 Å². The van der Waals surface area contributed by atoms with E-state index in [9.17, 15) is 4.39 Å². The van der Waals surface area contributed by atoms with Gasteiger partial charge in [0.05, 0.1) is 19.3 Å². The topological polar surface area (TPSA) is 55.6 Å². The second-order valence-electron chi connectivity index (χ2n) is 3.17. The van der Waals surface area contributed by atoms with Crippen molar-refractivity contribution in [2.75, 3.05) is 5.32 Å². The fraction of sp³-hybridized carbons (Fsp3) is 0.222. The van der Waals surface area contributed by atoms with Crippen molar-refractivity contribution in [1.29, 1.82) is 0 Å². The molecule has 0 atom stereocenters. The van der Waals surface area contributed by atoms with Gasteiger partial charge in [-0.1, -0.05) is 11.6 Å². The number of anilines is 1. The molecule has 0 saturated heterocycles. The molecule has 0 aliphatic carbocycles. The average molecular weight is 242 g/mol. The Hall–Kier alpha value is -1.69. The van der Waals surface area contributed by atoms with Crippen molar-refractivity contribution >= 4 is 17.3 Å². The van der Waals surface area contributed by atoms with Gasteiger partial charge in [-0.2, -0.15) is 4.80 Å². The molecule has 0 spiro atoms. The highest BCUT2D eigenvalue weighted by atomic mass is 35.5. The molecule has 1 N–H and O–H groups in total. The van der Waals surface area contributed by atoms with Crippen molar-refractivity contribution in [3.8, 4) is 0 Å². The van der Waals surface area contributed by atoms with Crippen molar-refractivity contribution in [3.63, 3.8) is 0 Å². The molecule has 0 saturated carbocycles. The molecule has 16 heavy (non-hydrogen) atoms. The fourth-order valence-electron chi connectivity index (χ4n) is 1.20. The standard InChI is InChI=1S/C9H9ClFN5/c1-16-14-9(13-15-16)5-12-8-3-2-6(10)4-7(8)11/h2-4,12H,5H2,1H3. The third kappa shape index (κ3) is 2.46. The van der Waals surface area contributed by atoms with E-state index < -0.39 is 5.82 Å². The molecule has 0 aliphatic rings. The average Bonchev–Trinajstić information content (AvgIpc) is 2.63. The predicted molar refractivity (Wildman–Crippen MR) is 57.5 cm³/mol. The number of nitrogens with one attached hydrogen (secondary N) is 1. The van der Waals surface area contributed by atoms with Crippen LogP contribution in [0.5, 0.6) is 0 Å². The van der Waals surface area contributed by atoms with Crippen LogP contribution in [-0.2, 0) is 13.6 Å². The zero-order valence-corrected chi connectivity index (χ0v) is 9.24. The van der Waals surface area contributed by atoms with E-state index in [1.54, 1.807) is 19.2 Å². The van der Waals surface area contributed by atoms with Gasteiger partial charge in [-0.05, 0) is 23.4 Å². The summed E-state index contributed by atoms with van der Waals surface area (Å²) in [5, 5.41) is 14.6. The maximum Gasteiger partial charge on any atom is 0.193 e. The van der Waals surface area contributed by atoms with E-state index in [4.69, 9.17) is 11.6 Å². The van der Waals surface area contributed by atoms with Crippen molar-refractivity contribution in [1.82, 2.24) is 20.2 Å². The predicted octanol–water partition coefficient (Wildman–Crippen LogP) is 1.61. The summed E-state index contributed by atoms with van der Waals surface area (Å²) in [6, 6.07) is 4.42. The van der Waals surface area contributed by atoms with Gasteiger partial charge in [0.1, 0.15) is 5.82 Å². The molecule has 0 aliphatic heterocycles. The molecule has 1 aromatic carbocycles. The van der Waals surface area contributed by atoms with Crippen LogP contribution >= 0.6 is 11.6 Å². The SMILES string of the molecule is Cn1nnc(CNc2ccc(Cl)cc2F)n1. The fourth-order valence-corrected chi connectivity index (χ4v) is 1.36. The highest BCUT2D eigenvalue weighted by molar-refractivity contribution is 6.30. The zero-order chi connectivity index (χ0) is 11.5. The van der Waals surface area contributed by atoms with Gasteiger partial charge in [0.2, 0.25) is 0 Å². The number of rotatable bonds is 3. The minimum Gasteiger partial charge on any atom is -0.375 e. The lowest BCUT2D eigenvalue weighted by Crippen LogP contribution is -2.03. The van der Waals surface area contributed by atoms with Gasteiger partial charge in [-0.25, -0.2) is 4.39 Å². The van der Waals surface area contributed by atoms with Gasteiger partial charge in [-0.15, -0.1) is 10.2 Å². The van der Waals surface area contributed by atoms with Crippen LogP contribution in [0, 0.1) is 5.82 Å². The van der Waals surface area contributed by atoms with E-state index in [-0.39, 0.29) is 0 Å². The molecule has 0 radical (unpaired) electrons. The molecule has 2 rings (SSSR count). The molecular formula is C9H9ClFN5. The number of hydrogen-bond acceptors (Lipinski definition) is 4. The molecule has 7 heteroatoms. The first-order valence-corrected chi connectivity index (χ1v) is 4.95. The lowest BCUT2D eigenvalue weighted by Gasteiger charge is -2.04. The van der Waals surface area contributed by atoms with Crippen LogP contribution in [0.25, 0.3) is 0 Å². The van der Waals surface area contributed by atoms with Gasteiger partial charge in [-0.3, -0.25) is 0 Å². The normalized spacial score (nSPS) is 10.4. The summed E-state index contributed by atoms with van der Waals surface area (Å²) in [4.78, 5) is 1.34. The Morgan fingerprint density at radius 1 is 1.50 bits per heavy atom. The number of halogens is 2. The van der Waals surface area contributed by atoms with Crippen molar-refractivity contribution < 1.29 is 4.39 Å². The minimum absolute atomic E-state index is 0.312. The van der Waals surface area contributed by atoms with E-state index >= 15 is 0 Å². The van der Waals surface area contributed by atoms with Crippen LogP contribution in [0.2, 0.25) is 5.02 Å². The van der Waals surface area contributed by atoms with Gasteiger partial charge < -0.3 is 5.32 Å². The molecule has 0 fully saturated rings. The Kier molecular flexibility index (Phi) is 3.00. The Bertz CT molecular complexity index is 498. The molecule has 1 aromatic heterocycles. The first kappa shape index (κ1) is 10.8. The molecule has 0 unspecified atom stereocenters. The first-order valence-electron chi connectivity index (χ1n) is 4.57. The second-order valence-corrected chi connectivity index (χ2v) is 3.61. The summed E-state index contributed by atoms with van der Waals surface area (Å²) in [5.74, 6) is 0.0910. The molecule has 1 heterocycles. The molecule has 0 amide bonds. The minimum atomic E-state index is -0.406. The van der Waals surface area contributed by atoms with Gasteiger partial charge in [0.15, 0.2) is 5.82 Å². The van der Waals surface area contributed by atoms with Gasteiger partial charge >= 0.3 is 0 Å². The molecule has 5 nitrogen and oxygen atoms in total. The van der Waals surface area contributed by atoms with E-state index in [1.165, 1.54) is 10.9 Å². The molecule has 2 aromatic rings. The van der Waals surface area contributed by atoms with Crippen LogP contribution in [0.1, 0.15) is 5.82 Å². The summed E-state index contributed by atoms with van der Waals surface area (Å²) >= 11 is 5.63. The lowest BCUT2D eigenvalue weighted by atomic mass is 10.3. The Morgan fingerprint density at radius 2 is 2.31 bits per heavy atom. The summed E-state index contributed by atoms with van der Waals surface area (Å²) in [5.41, 5.74) is 0.358. The van der Waals surface area contributed by atoms with Gasteiger partial charge in [0, 0.05) is 5.02 Å². The second kappa shape index (κ2) is 4.44. The van der Waals surface area contributed by atoms with Crippen LogP contribution < -0.4 is 5.32 Å². The van der Waals surface area contributed by atoms with Crippen molar-refractivity contribution in [2.24, 2.45) is 7.05 Å². The number of hydrogen-bond donors (Lipinski definition) is 1. The monoisotopic (exact) mass is 241 g/mol. The number of nitrogens with zero attached hydrogens (tertiary/aromatic N) is 4.